The van der Waals surface area contributed by atoms with E-state index < -0.39 is 0 Å². The molecule has 5 nitrogen and oxygen atoms in total. The smallest absolute Gasteiger partial charge is 0.255 e. The number of hydrogen-bond donors (Lipinski definition) is 1. The number of nitrogens with one attached hydrogen (secondary N) is 1. The van der Waals surface area contributed by atoms with Gasteiger partial charge < -0.3 is 14.6 Å². The van der Waals surface area contributed by atoms with Crippen molar-refractivity contribution >= 4 is 28.3 Å². The molecular formula is C32H26N2O3. The van der Waals surface area contributed by atoms with Gasteiger partial charge in [-0.25, -0.2) is 0 Å². The summed E-state index contributed by atoms with van der Waals surface area (Å²) in [5, 5.41) is 5.02. The summed E-state index contributed by atoms with van der Waals surface area (Å²) in [5.74, 6) is 1.53. The van der Waals surface area contributed by atoms with Crippen LogP contribution in [0.5, 0.6) is 0 Å². The number of anilines is 1. The fourth-order valence-electron chi connectivity index (χ4n) is 5.01. The molecule has 37 heavy (non-hydrogen) atoms. The highest BCUT2D eigenvalue weighted by Gasteiger charge is 2.26. The number of hydrogen-bond acceptors (Lipinski definition) is 3. The predicted octanol–water partition coefficient (Wildman–Crippen LogP) is 6.86. The number of carbonyl (C=O) groups is 2. The second-order valence-corrected chi connectivity index (χ2v) is 9.41. The van der Waals surface area contributed by atoms with E-state index in [2.05, 4.69) is 5.32 Å². The number of rotatable bonds is 4. The zero-order chi connectivity index (χ0) is 25.4. The first-order valence-corrected chi connectivity index (χ1v) is 12.4. The van der Waals surface area contributed by atoms with Crippen LogP contribution in [-0.2, 0) is 13.0 Å². The van der Waals surface area contributed by atoms with E-state index in [1.165, 1.54) is 0 Å². The lowest BCUT2D eigenvalue weighted by molar-refractivity contribution is 0.0732. The summed E-state index contributed by atoms with van der Waals surface area (Å²) in [6.07, 6.45) is 0.662. The van der Waals surface area contributed by atoms with E-state index in [9.17, 15) is 9.59 Å². The lowest BCUT2D eigenvalue weighted by Gasteiger charge is -2.26. The molecule has 5 heteroatoms. The number of benzene rings is 4. The van der Waals surface area contributed by atoms with Crippen molar-refractivity contribution in [2.45, 2.75) is 19.9 Å². The Morgan fingerprint density at radius 3 is 2.49 bits per heavy atom. The molecule has 0 bridgehead atoms. The molecule has 0 saturated carbocycles. The van der Waals surface area contributed by atoms with E-state index in [0.717, 1.165) is 44.5 Å². The van der Waals surface area contributed by atoms with E-state index in [-0.39, 0.29) is 11.8 Å². The number of amides is 2. The van der Waals surface area contributed by atoms with Crippen molar-refractivity contribution in [2.24, 2.45) is 0 Å². The highest BCUT2D eigenvalue weighted by atomic mass is 16.3. The van der Waals surface area contributed by atoms with Crippen LogP contribution < -0.4 is 5.32 Å². The third kappa shape index (κ3) is 4.40. The Bertz CT molecular complexity index is 1640. The molecule has 0 unspecified atom stereocenters. The van der Waals surface area contributed by atoms with Gasteiger partial charge in [0.05, 0.1) is 0 Å². The molecule has 0 spiro atoms. The first kappa shape index (κ1) is 22.8. The van der Waals surface area contributed by atoms with Gasteiger partial charge in [0, 0.05) is 47.5 Å². The highest BCUT2D eigenvalue weighted by Crippen LogP contribution is 2.32. The molecule has 4 aromatic carbocycles. The van der Waals surface area contributed by atoms with E-state index in [1.54, 1.807) is 0 Å². The van der Waals surface area contributed by atoms with Crippen molar-refractivity contribution in [1.82, 2.24) is 4.90 Å². The van der Waals surface area contributed by atoms with Gasteiger partial charge in [0.25, 0.3) is 11.8 Å². The van der Waals surface area contributed by atoms with Gasteiger partial charge in [0.2, 0.25) is 0 Å². The summed E-state index contributed by atoms with van der Waals surface area (Å²) in [6, 6.07) is 31.0. The van der Waals surface area contributed by atoms with Crippen LogP contribution in [0.3, 0.4) is 0 Å². The molecule has 2 heterocycles. The average Bonchev–Trinajstić information content (AvgIpc) is 3.36. The average molecular weight is 487 g/mol. The maximum absolute atomic E-state index is 13.4. The van der Waals surface area contributed by atoms with Gasteiger partial charge in [0.1, 0.15) is 11.5 Å². The maximum Gasteiger partial charge on any atom is 0.255 e. The fourth-order valence-corrected chi connectivity index (χ4v) is 5.01. The fraction of sp³-hybridized carbons (Fsp3) is 0.125. The van der Waals surface area contributed by atoms with Crippen molar-refractivity contribution in [3.05, 3.63) is 125 Å². The summed E-state index contributed by atoms with van der Waals surface area (Å²) >= 11 is 0. The van der Waals surface area contributed by atoms with Gasteiger partial charge in [-0.15, -0.1) is 0 Å². The molecule has 0 radical (unpaired) electrons. The lowest BCUT2D eigenvalue weighted by atomic mass is 10.0. The largest absolute Gasteiger partial charge is 0.461 e. The van der Waals surface area contributed by atoms with Gasteiger partial charge >= 0.3 is 0 Å². The quantitative estimate of drug-likeness (QED) is 0.302. The molecule has 1 aliphatic heterocycles. The highest BCUT2D eigenvalue weighted by molar-refractivity contribution is 6.07. The van der Waals surface area contributed by atoms with E-state index in [4.69, 9.17) is 4.42 Å². The van der Waals surface area contributed by atoms with Crippen LogP contribution in [0.2, 0.25) is 0 Å². The minimum atomic E-state index is -0.142. The third-order valence-corrected chi connectivity index (χ3v) is 6.97. The molecular weight excluding hydrogens is 460 g/mol. The molecule has 1 aromatic heterocycles. The first-order chi connectivity index (χ1) is 18.1. The Labute approximate surface area is 215 Å². The van der Waals surface area contributed by atoms with E-state index in [1.807, 2.05) is 109 Å². The number of carbonyl (C=O) groups excluding carboxylic acids is 2. The van der Waals surface area contributed by atoms with Crippen molar-refractivity contribution in [3.63, 3.8) is 0 Å². The van der Waals surface area contributed by atoms with Crippen LogP contribution in [0.1, 0.15) is 37.6 Å². The van der Waals surface area contributed by atoms with Crippen LogP contribution in [-0.4, -0.2) is 23.3 Å². The predicted molar refractivity (Wildman–Crippen MR) is 146 cm³/mol. The Kier molecular flexibility index (Phi) is 5.81. The van der Waals surface area contributed by atoms with Crippen LogP contribution in [0.25, 0.3) is 22.1 Å². The van der Waals surface area contributed by atoms with Gasteiger partial charge in [-0.3, -0.25) is 9.59 Å². The van der Waals surface area contributed by atoms with Gasteiger partial charge in [-0.2, -0.15) is 0 Å². The Balaban J connectivity index is 1.22. The molecule has 0 saturated heterocycles. The Hall–Kier alpha value is -4.64. The van der Waals surface area contributed by atoms with Crippen LogP contribution in [0, 0.1) is 6.92 Å². The van der Waals surface area contributed by atoms with Gasteiger partial charge in [0.15, 0.2) is 0 Å². The number of nitrogens with zero attached hydrogens (tertiary/aromatic N) is 1. The summed E-state index contributed by atoms with van der Waals surface area (Å²) in [4.78, 5) is 28.1. The first-order valence-electron chi connectivity index (χ1n) is 12.4. The van der Waals surface area contributed by atoms with E-state index >= 15 is 0 Å². The molecule has 2 amide bonds. The van der Waals surface area contributed by atoms with Gasteiger partial charge in [-0.05, 0) is 53.6 Å². The molecule has 0 aliphatic carbocycles. The molecule has 5 aromatic rings. The summed E-state index contributed by atoms with van der Waals surface area (Å²) in [7, 11) is 0. The van der Waals surface area contributed by atoms with E-state index in [0.29, 0.717) is 30.8 Å². The summed E-state index contributed by atoms with van der Waals surface area (Å²) in [5.41, 5.74) is 4.90. The SMILES string of the molecule is Cc1ccccc1C(=O)Nc1cccc(-c2cc3c(o2)CCN(C(=O)c2cccc4ccccc24)C3)c1. The minimum absolute atomic E-state index is 0.0334. The normalized spacial score (nSPS) is 12.8. The molecule has 182 valence electrons. The number of furan rings is 1. The van der Waals surface area contributed by atoms with Crippen molar-refractivity contribution in [1.29, 1.82) is 0 Å². The topological polar surface area (TPSA) is 62.6 Å². The molecule has 1 N–H and O–H groups in total. The maximum atomic E-state index is 13.4. The summed E-state index contributed by atoms with van der Waals surface area (Å²) < 4.78 is 6.21. The monoisotopic (exact) mass is 486 g/mol. The zero-order valence-electron chi connectivity index (χ0n) is 20.5. The van der Waals surface area contributed by atoms with Crippen LogP contribution in [0.15, 0.2) is 101 Å². The zero-order valence-corrected chi connectivity index (χ0v) is 20.5. The Morgan fingerprint density at radius 2 is 1.59 bits per heavy atom. The standard InChI is InChI=1S/C32H26N2O3/c1-21-8-2-4-13-26(21)31(35)33-25-12-6-11-23(18-25)30-19-24-20-34(17-16-29(24)37-30)32(36)28-15-7-10-22-9-3-5-14-27(22)28/h2-15,18-19H,16-17,20H2,1H3,(H,33,35). The van der Waals surface area contributed by atoms with Crippen molar-refractivity contribution in [2.75, 3.05) is 11.9 Å². The second-order valence-electron chi connectivity index (χ2n) is 9.41. The van der Waals surface area contributed by atoms with Crippen molar-refractivity contribution in [3.8, 4) is 11.3 Å². The Morgan fingerprint density at radius 1 is 0.838 bits per heavy atom. The number of fused-ring (bicyclic) bond motifs is 2. The number of aryl methyl sites for hydroxylation is 1. The molecule has 0 atom stereocenters. The van der Waals surface area contributed by atoms with Crippen molar-refractivity contribution < 1.29 is 14.0 Å². The summed E-state index contributed by atoms with van der Waals surface area (Å²) in [6.45, 7) is 3.03. The van der Waals surface area contributed by atoms with Crippen LogP contribution >= 0.6 is 0 Å². The molecule has 1 aliphatic rings. The minimum Gasteiger partial charge on any atom is -0.461 e. The van der Waals surface area contributed by atoms with Crippen LogP contribution in [0.4, 0.5) is 5.69 Å². The third-order valence-electron chi connectivity index (χ3n) is 6.97. The van der Waals surface area contributed by atoms with Gasteiger partial charge in [-0.1, -0.05) is 66.7 Å². The molecule has 0 fully saturated rings. The second kappa shape index (κ2) is 9.43. The lowest BCUT2D eigenvalue weighted by Crippen LogP contribution is -2.35. The molecule has 6 rings (SSSR count).